The van der Waals surface area contributed by atoms with E-state index in [-0.39, 0.29) is 6.04 Å². The molecule has 4 aliphatic rings. The first kappa shape index (κ1) is 7.27. The number of nitrogens with zero attached hydrogens (tertiary/aromatic N) is 1. The average Bonchev–Trinajstić information content (AvgIpc) is 1.98. The third-order valence-corrected chi connectivity index (χ3v) is 3.81. The molecule has 3 heteroatoms. The van der Waals surface area contributed by atoms with Gasteiger partial charge in [0.2, 0.25) is 0 Å². The Balaban J connectivity index is 1.97. The SMILES string of the molecule is [O]N1C2CC3CC(C2)CC1(F)C3. The zero-order valence-corrected chi connectivity index (χ0v) is 7.00. The van der Waals surface area contributed by atoms with Crippen LogP contribution in [0.15, 0.2) is 0 Å². The van der Waals surface area contributed by atoms with E-state index in [1.165, 1.54) is 6.42 Å². The molecule has 2 aliphatic heterocycles. The quantitative estimate of drug-likeness (QED) is 0.509. The zero-order chi connectivity index (χ0) is 8.34. The predicted octanol–water partition coefficient (Wildman–Crippen LogP) is 1.89. The van der Waals surface area contributed by atoms with E-state index < -0.39 is 5.79 Å². The molecule has 0 aromatic heterocycles. The first-order valence-electron chi connectivity index (χ1n) is 4.83. The monoisotopic (exact) mass is 170 g/mol. The molecule has 0 aromatic rings. The van der Waals surface area contributed by atoms with Gasteiger partial charge in [-0.1, -0.05) is 0 Å². The summed E-state index contributed by atoms with van der Waals surface area (Å²) in [4.78, 5) is 0. The minimum atomic E-state index is -1.46. The van der Waals surface area contributed by atoms with Crippen LogP contribution >= 0.6 is 0 Å². The van der Waals surface area contributed by atoms with Crippen LogP contribution in [-0.2, 0) is 5.21 Å². The van der Waals surface area contributed by atoms with E-state index in [2.05, 4.69) is 0 Å². The number of hydroxylamine groups is 2. The highest BCUT2D eigenvalue weighted by Crippen LogP contribution is 2.54. The number of alkyl halides is 1. The largest absolute Gasteiger partial charge is 0.224 e. The third kappa shape index (κ3) is 0.761. The number of hydrogen-bond donors (Lipinski definition) is 0. The molecule has 2 nitrogen and oxygen atoms in total. The molecule has 0 spiro atoms. The maximum atomic E-state index is 13.9. The topological polar surface area (TPSA) is 23.1 Å². The van der Waals surface area contributed by atoms with Gasteiger partial charge >= 0.3 is 0 Å². The Labute approximate surface area is 71.3 Å². The van der Waals surface area contributed by atoms with E-state index in [0.29, 0.717) is 24.7 Å². The van der Waals surface area contributed by atoms with E-state index in [4.69, 9.17) is 0 Å². The van der Waals surface area contributed by atoms with Gasteiger partial charge in [0.05, 0.1) is 0 Å². The summed E-state index contributed by atoms with van der Waals surface area (Å²) in [5.41, 5.74) is 0. The minimum Gasteiger partial charge on any atom is -0.224 e. The predicted molar refractivity (Wildman–Crippen MR) is 40.2 cm³/mol. The summed E-state index contributed by atoms with van der Waals surface area (Å²) in [7, 11) is 0. The van der Waals surface area contributed by atoms with Crippen molar-refractivity contribution in [1.82, 2.24) is 5.06 Å². The van der Waals surface area contributed by atoms with E-state index >= 15 is 0 Å². The summed E-state index contributed by atoms with van der Waals surface area (Å²) in [6, 6.07) is 0.0150. The summed E-state index contributed by atoms with van der Waals surface area (Å²) >= 11 is 0. The van der Waals surface area contributed by atoms with Crippen molar-refractivity contribution >= 4 is 0 Å². The van der Waals surface area contributed by atoms with Crippen molar-refractivity contribution in [3.63, 3.8) is 0 Å². The van der Waals surface area contributed by atoms with E-state index in [1.807, 2.05) is 0 Å². The lowest BCUT2D eigenvalue weighted by Crippen LogP contribution is -2.61. The Kier molecular flexibility index (Phi) is 1.22. The van der Waals surface area contributed by atoms with Crippen molar-refractivity contribution < 1.29 is 9.60 Å². The second kappa shape index (κ2) is 2.02. The lowest BCUT2D eigenvalue weighted by Gasteiger charge is -2.55. The molecule has 4 fully saturated rings. The molecule has 2 saturated heterocycles. The summed E-state index contributed by atoms with van der Waals surface area (Å²) < 4.78 is 13.9. The standard InChI is InChI=1S/C9H13FNO/c10-9-4-6-1-7(5-9)3-8(2-6)11(9)12/h6-8H,1-5H2. The van der Waals surface area contributed by atoms with Gasteiger partial charge in [0, 0.05) is 18.9 Å². The lowest BCUT2D eigenvalue weighted by molar-refractivity contribution is -0.351. The molecule has 4 bridgehead atoms. The summed E-state index contributed by atoms with van der Waals surface area (Å²) in [5.74, 6) is -0.440. The number of piperidine rings is 2. The molecule has 12 heavy (non-hydrogen) atoms. The van der Waals surface area contributed by atoms with Crippen LogP contribution in [-0.4, -0.2) is 16.9 Å². The molecule has 2 unspecified atom stereocenters. The molecule has 2 heterocycles. The van der Waals surface area contributed by atoms with Gasteiger partial charge in [-0.15, -0.1) is 10.3 Å². The Bertz CT molecular complexity index is 207. The highest BCUT2D eigenvalue weighted by atomic mass is 19.1. The van der Waals surface area contributed by atoms with Crippen molar-refractivity contribution in [2.75, 3.05) is 0 Å². The smallest absolute Gasteiger partial charge is 0.189 e. The van der Waals surface area contributed by atoms with Gasteiger partial charge in [0.25, 0.3) is 0 Å². The highest BCUT2D eigenvalue weighted by molar-refractivity contribution is 5.01. The van der Waals surface area contributed by atoms with Crippen LogP contribution in [0.4, 0.5) is 4.39 Å². The van der Waals surface area contributed by atoms with Crippen molar-refractivity contribution in [3.8, 4) is 0 Å². The Morgan fingerprint density at radius 1 is 1.17 bits per heavy atom. The number of hydrogen-bond acceptors (Lipinski definition) is 1. The Morgan fingerprint density at radius 3 is 2.25 bits per heavy atom. The van der Waals surface area contributed by atoms with Gasteiger partial charge < -0.3 is 0 Å². The fourth-order valence-corrected chi connectivity index (χ4v) is 3.53. The van der Waals surface area contributed by atoms with Crippen molar-refractivity contribution in [1.29, 1.82) is 0 Å². The molecule has 67 valence electrons. The molecule has 2 atom stereocenters. The normalized spacial score (nSPS) is 58.0. The molecule has 2 saturated carbocycles. The third-order valence-electron chi connectivity index (χ3n) is 3.81. The van der Waals surface area contributed by atoms with Gasteiger partial charge in [-0.25, -0.2) is 4.39 Å². The van der Waals surface area contributed by atoms with E-state index in [9.17, 15) is 9.60 Å². The zero-order valence-electron chi connectivity index (χ0n) is 7.00. The van der Waals surface area contributed by atoms with Gasteiger partial charge in [-0.05, 0) is 31.1 Å². The molecule has 0 N–H and O–H groups in total. The van der Waals surface area contributed by atoms with Crippen LogP contribution < -0.4 is 0 Å². The molecule has 0 aromatic carbocycles. The Morgan fingerprint density at radius 2 is 1.75 bits per heavy atom. The molecule has 1 radical (unpaired) electrons. The second-order valence-electron chi connectivity index (χ2n) is 4.75. The highest BCUT2D eigenvalue weighted by Gasteiger charge is 2.57. The lowest BCUT2D eigenvalue weighted by atomic mass is 9.63. The average molecular weight is 170 g/mol. The van der Waals surface area contributed by atoms with E-state index in [1.54, 1.807) is 0 Å². The number of halogens is 1. The first-order chi connectivity index (χ1) is 5.67. The van der Waals surface area contributed by atoms with Crippen LogP contribution in [0.5, 0.6) is 0 Å². The molecular formula is C9H13FNO. The number of rotatable bonds is 0. The van der Waals surface area contributed by atoms with Crippen LogP contribution in [0.2, 0.25) is 0 Å². The molecule has 2 aliphatic carbocycles. The van der Waals surface area contributed by atoms with Crippen LogP contribution in [0.3, 0.4) is 0 Å². The van der Waals surface area contributed by atoms with Gasteiger partial charge in [-0.2, -0.15) is 0 Å². The van der Waals surface area contributed by atoms with Gasteiger partial charge in [0.1, 0.15) is 0 Å². The van der Waals surface area contributed by atoms with Gasteiger partial charge in [-0.3, -0.25) is 0 Å². The van der Waals surface area contributed by atoms with Crippen LogP contribution in [0.1, 0.15) is 32.1 Å². The maximum absolute atomic E-state index is 13.9. The first-order valence-corrected chi connectivity index (χ1v) is 4.83. The van der Waals surface area contributed by atoms with Crippen molar-refractivity contribution in [2.45, 2.75) is 43.9 Å². The second-order valence-corrected chi connectivity index (χ2v) is 4.75. The maximum Gasteiger partial charge on any atom is 0.189 e. The Hall–Kier alpha value is -0.150. The minimum absolute atomic E-state index is 0.0150. The molecule has 4 rings (SSSR count). The fraction of sp³-hybridized carbons (Fsp3) is 1.00. The van der Waals surface area contributed by atoms with Gasteiger partial charge in [0.15, 0.2) is 5.79 Å². The van der Waals surface area contributed by atoms with Crippen molar-refractivity contribution in [3.05, 3.63) is 0 Å². The van der Waals surface area contributed by atoms with Crippen molar-refractivity contribution in [2.24, 2.45) is 11.8 Å². The summed E-state index contributed by atoms with van der Waals surface area (Å²) in [6.07, 6.45) is 4.08. The van der Waals surface area contributed by atoms with Crippen LogP contribution in [0.25, 0.3) is 0 Å². The summed E-state index contributed by atoms with van der Waals surface area (Å²) in [6.45, 7) is 0. The molecular weight excluding hydrogens is 157 g/mol. The van der Waals surface area contributed by atoms with Crippen LogP contribution in [0, 0.1) is 11.8 Å². The molecule has 0 amide bonds. The van der Waals surface area contributed by atoms with E-state index in [0.717, 1.165) is 17.9 Å². The fourth-order valence-electron chi connectivity index (χ4n) is 3.53. The summed E-state index contributed by atoms with van der Waals surface area (Å²) in [5, 5.41) is 12.2.